The molecular weight excluding hydrogens is 170 g/mol. The third kappa shape index (κ3) is 0.856. The lowest BCUT2D eigenvalue weighted by atomic mass is 9.73. The van der Waals surface area contributed by atoms with Crippen molar-refractivity contribution in [1.82, 2.24) is 0 Å². The van der Waals surface area contributed by atoms with Crippen molar-refractivity contribution in [2.24, 2.45) is 17.8 Å². The van der Waals surface area contributed by atoms with Crippen molar-refractivity contribution in [3.05, 3.63) is 0 Å². The van der Waals surface area contributed by atoms with Crippen LogP contribution in [0.25, 0.3) is 0 Å². The first kappa shape index (κ1) is 9.21. The molecule has 80 valence electrons. The van der Waals surface area contributed by atoms with Gasteiger partial charge in [-0.2, -0.15) is 0 Å². The van der Waals surface area contributed by atoms with Crippen molar-refractivity contribution >= 4 is 0 Å². The van der Waals surface area contributed by atoms with Gasteiger partial charge in [0.05, 0.1) is 21.1 Å². The molecule has 3 rings (SSSR count). The second kappa shape index (κ2) is 2.55. The fraction of sp³-hybridized carbons (Fsp3) is 1.00. The number of fused-ring (bicyclic) bond motifs is 5. The van der Waals surface area contributed by atoms with E-state index in [-0.39, 0.29) is 0 Å². The summed E-state index contributed by atoms with van der Waals surface area (Å²) in [5.74, 6) is 3.26. The zero-order valence-corrected chi connectivity index (χ0v) is 9.92. The molecule has 1 heteroatoms. The highest BCUT2D eigenvalue weighted by molar-refractivity contribution is 5.10. The quantitative estimate of drug-likeness (QED) is 0.563. The highest BCUT2D eigenvalue weighted by Crippen LogP contribution is 2.64. The van der Waals surface area contributed by atoms with Crippen LogP contribution in [0.3, 0.4) is 0 Å². The summed E-state index contributed by atoms with van der Waals surface area (Å²) in [6.07, 6.45) is 9.22. The molecule has 1 nitrogen and oxygen atoms in total. The van der Waals surface area contributed by atoms with Gasteiger partial charge in [-0.1, -0.05) is 0 Å². The first-order valence-corrected chi connectivity index (χ1v) is 6.37. The zero-order valence-electron chi connectivity index (χ0n) is 9.92. The molecule has 0 heterocycles. The average molecular weight is 194 g/mol. The van der Waals surface area contributed by atoms with E-state index in [0.717, 1.165) is 17.8 Å². The lowest BCUT2D eigenvalue weighted by molar-refractivity contribution is -0.931. The maximum atomic E-state index is 2.44. The Bertz CT molecular complexity index is 252. The minimum Gasteiger partial charge on any atom is -0.326 e. The third-order valence-electron chi connectivity index (χ3n) is 5.73. The summed E-state index contributed by atoms with van der Waals surface area (Å²) in [6.45, 7) is 0. The van der Waals surface area contributed by atoms with Gasteiger partial charge in [0, 0.05) is 18.3 Å². The molecule has 3 aliphatic rings. The molecule has 0 saturated heterocycles. The van der Waals surface area contributed by atoms with Gasteiger partial charge in [0.2, 0.25) is 0 Å². The Hall–Kier alpha value is -0.0400. The van der Waals surface area contributed by atoms with Crippen LogP contribution in [0, 0.1) is 17.8 Å². The van der Waals surface area contributed by atoms with Crippen molar-refractivity contribution in [2.75, 3.05) is 21.1 Å². The average Bonchev–Trinajstić information content (AvgIpc) is 2.74. The highest BCUT2D eigenvalue weighted by atomic mass is 15.4. The minimum atomic E-state index is 0.697. The Labute approximate surface area is 88.1 Å². The standard InChI is InChI=1S/C13H24N/c1-14(2,3)13-8-4-5-12(13)10-6-7-11(13)9-10/h10-12H,4-9H2,1-3H3/q+1/t10-,11+,12+,13+/m1/s1. The molecule has 0 aliphatic heterocycles. The molecule has 3 aliphatic carbocycles. The van der Waals surface area contributed by atoms with Crippen LogP contribution in [0.2, 0.25) is 0 Å². The molecule has 0 radical (unpaired) electrons. The molecule has 0 N–H and O–H groups in total. The molecule has 3 fully saturated rings. The zero-order chi connectivity index (χ0) is 9.97. The van der Waals surface area contributed by atoms with Crippen molar-refractivity contribution in [3.8, 4) is 0 Å². The lowest BCUT2D eigenvalue weighted by Gasteiger charge is -2.50. The minimum absolute atomic E-state index is 0.697. The molecule has 2 bridgehead atoms. The summed E-state index contributed by atoms with van der Waals surface area (Å²) in [6, 6.07) is 0. The van der Waals surface area contributed by atoms with Gasteiger partial charge >= 0.3 is 0 Å². The summed E-state index contributed by atoms with van der Waals surface area (Å²) in [5.41, 5.74) is 0.697. The maximum Gasteiger partial charge on any atom is 0.105 e. The number of quaternary nitrogens is 1. The van der Waals surface area contributed by atoms with Gasteiger partial charge in [-0.3, -0.25) is 0 Å². The number of hydrogen-bond donors (Lipinski definition) is 0. The van der Waals surface area contributed by atoms with Gasteiger partial charge in [-0.25, -0.2) is 0 Å². The highest BCUT2D eigenvalue weighted by Gasteiger charge is 2.66. The van der Waals surface area contributed by atoms with Crippen LogP contribution in [-0.2, 0) is 0 Å². The molecule has 0 spiro atoms. The Morgan fingerprint density at radius 3 is 2.50 bits per heavy atom. The summed E-state index contributed by atoms with van der Waals surface area (Å²) >= 11 is 0. The summed E-state index contributed by atoms with van der Waals surface area (Å²) in [4.78, 5) is 0. The molecule has 3 saturated carbocycles. The monoisotopic (exact) mass is 194 g/mol. The smallest absolute Gasteiger partial charge is 0.105 e. The predicted octanol–water partition coefficient (Wildman–Crippen LogP) is 2.66. The van der Waals surface area contributed by atoms with Crippen molar-refractivity contribution in [1.29, 1.82) is 0 Å². The molecule has 14 heavy (non-hydrogen) atoms. The van der Waals surface area contributed by atoms with Crippen molar-refractivity contribution in [2.45, 2.75) is 44.1 Å². The van der Waals surface area contributed by atoms with E-state index >= 15 is 0 Å². The maximum absolute atomic E-state index is 2.44. The molecular formula is C13H24N+. The summed E-state index contributed by atoms with van der Waals surface area (Å²) in [5, 5.41) is 0. The van der Waals surface area contributed by atoms with E-state index < -0.39 is 0 Å². The van der Waals surface area contributed by atoms with Gasteiger partial charge in [0.25, 0.3) is 0 Å². The topological polar surface area (TPSA) is 0 Å². The second-order valence-electron chi connectivity index (χ2n) is 6.77. The van der Waals surface area contributed by atoms with Gasteiger partial charge in [-0.05, 0) is 38.0 Å². The SMILES string of the molecule is C[N+](C)(C)[C@]12CCC[C@H]1[C@@H]1CC[C@H]2C1. The lowest BCUT2D eigenvalue weighted by Crippen LogP contribution is -2.61. The molecule has 0 aromatic rings. The summed E-state index contributed by atoms with van der Waals surface area (Å²) in [7, 11) is 7.33. The Morgan fingerprint density at radius 2 is 1.86 bits per heavy atom. The van der Waals surface area contributed by atoms with Crippen LogP contribution in [0.5, 0.6) is 0 Å². The number of hydrogen-bond acceptors (Lipinski definition) is 0. The van der Waals surface area contributed by atoms with Gasteiger partial charge < -0.3 is 4.48 Å². The Morgan fingerprint density at radius 1 is 1.07 bits per heavy atom. The van der Waals surface area contributed by atoms with E-state index in [4.69, 9.17) is 0 Å². The van der Waals surface area contributed by atoms with Crippen LogP contribution in [0.4, 0.5) is 0 Å². The largest absolute Gasteiger partial charge is 0.326 e. The normalized spacial score (nSPS) is 51.2. The predicted molar refractivity (Wildman–Crippen MR) is 58.9 cm³/mol. The van der Waals surface area contributed by atoms with Crippen LogP contribution in [0.1, 0.15) is 38.5 Å². The first-order chi connectivity index (χ1) is 6.56. The summed E-state index contributed by atoms with van der Waals surface area (Å²) < 4.78 is 1.23. The van der Waals surface area contributed by atoms with E-state index in [1.54, 1.807) is 12.8 Å². The Balaban J connectivity index is 2.04. The molecule has 4 atom stereocenters. The third-order valence-corrected chi connectivity index (χ3v) is 5.73. The first-order valence-electron chi connectivity index (χ1n) is 6.37. The van der Waals surface area contributed by atoms with E-state index in [2.05, 4.69) is 21.1 Å². The van der Waals surface area contributed by atoms with Gasteiger partial charge in [0.1, 0.15) is 5.54 Å². The van der Waals surface area contributed by atoms with E-state index in [9.17, 15) is 0 Å². The van der Waals surface area contributed by atoms with E-state index in [1.807, 2.05) is 0 Å². The number of rotatable bonds is 1. The van der Waals surface area contributed by atoms with Crippen LogP contribution in [0.15, 0.2) is 0 Å². The molecule has 0 amide bonds. The van der Waals surface area contributed by atoms with E-state index in [0.29, 0.717) is 5.54 Å². The van der Waals surface area contributed by atoms with Crippen LogP contribution in [-0.4, -0.2) is 31.2 Å². The fourth-order valence-corrected chi connectivity index (χ4v) is 5.41. The Kier molecular flexibility index (Phi) is 1.68. The molecule has 0 unspecified atom stereocenters. The van der Waals surface area contributed by atoms with Gasteiger partial charge in [0.15, 0.2) is 0 Å². The molecule has 0 aromatic carbocycles. The van der Waals surface area contributed by atoms with Crippen LogP contribution < -0.4 is 0 Å². The van der Waals surface area contributed by atoms with Crippen LogP contribution >= 0.6 is 0 Å². The van der Waals surface area contributed by atoms with E-state index in [1.165, 1.54) is 30.2 Å². The van der Waals surface area contributed by atoms with Crippen molar-refractivity contribution in [3.63, 3.8) is 0 Å². The second-order valence-corrected chi connectivity index (χ2v) is 6.77. The van der Waals surface area contributed by atoms with Gasteiger partial charge in [-0.15, -0.1) is 0 Å². The fourth-order valence-electron chi connectivity index (χ4n) is 5.41. The number of nitrogens with zero attached hydrogens (tertiary/aromatic N) is 1. The van der Waals surface area contributed by atoms with Crippen molar-refractivity contribution < 1.29 is 4.48 Å². The molecule has 0 aromatic heterocycles.